The van der Waals surface area contributed by atoms with Gasteiger partial charge in [0.15, 0.2) is 23.2 Å². The number of nitrogens with one attached hydrogen (secondary N) is 1. The van der Waals surface area contributed by atoms with E-state index in [4.69, 9.17) is 23.7 Å². The highest BCUT2D eigenvalue weighted by atomic mass is 16.7. The molecule has 0 aromatic heterocycles. The molecule has 4 atom stereocenters. The van der Waals surface area contributed by atoms with Crippen LogP contribution in [0, 0.1) is 0 Å². The smallest absolute Gasteiger partial charge is 0.339 e. The first-order valence-corrected chi connectivity index (χ1v) is 15.8. The summed E-state index contributed by atoms with van der Waals surface area (Å²) in [5, 5.41) is 24.9. The molecule has 3 aliphatic heterocycles. The fraction of sp³-hybridized carbons (Fsp3) is 0.697. The van der Waals surface area contributed by atoms with E-state index in [-0.39, 0.29) is 19.1 Å². The molecule has 0 fully saturated rings. The minimum Gasteiger partial charge on any atom is -0.497 e. The number of carbonyl (C=O) groups excluding carboxylic acids is 2. The van der Waals surface area contributed by atoms with Gasteiger partial charge in [0.2, 0.25) is 12.7 Å². The molecular formula is C33H50N2O9. The van der Waals surface area contributed by atoms with Crippen LogP contribution in [-0.2, 0) is 30.2 Å². The van der Waals surface area contributed by atoms with Gasteiger partial charge in [0, 0.05) is 39.3 Å². The molecule has 1 aromatic carbocycles. The summed E-state index contributed by atoms with van der Waals surface area (Å²) in [5.41, 5.74) is -1.02. The second-order valence-corrected chi connectivity index (χ2v) is 12.8. The number of benzene rings is 1. The van der Waals surface area contributed by atoms with Crippen molar-refractivity contribution in [3.63, 3.8) is 0 Å². The Hall–Kier alpha value is -2.86. The first kappa shape index (κ1) is 34.0. The lowest BCUT2D eigenvalue weighted by Crippen LogP contribution is -2.48. The second-order valence-electron chi connectivity index (χ2n) is 12.8. The van der Waals surface area contributed by atoms with Gasteiger partial charge in [-0.1, -0.05) is 0 Å². The van der Waals surface area contributed by atoms with Gasteiger partial charge in [0.25, 0.3) is 0 Å². The summed E-state index contributed by atoms with van der Waals surface area (Å²) in [5.74, 6) is 0.196. The molecule has 0 aliphatic carbocycles. The number of amides is 1. The zero-order chi connectivity index (χ0) is 31.7. The fourth-order valence-electron chi connectivity index (χ4n) is 6.22. The molecule has 0 spiro atoms. The first-order chi connectivity index (χ1) is 21.0. The van der Waals surface area contributed by atoms with Crippen LogP contribution in [0.15, 0.2) is 24.0 Å². The standard InChI is InChI=1S/C33H50N2O9/c1-32(2,38)12-8-13-33(39,20-29(36)34-14-9-17-40-3)31(37)44-30-25-21-35(15-7-5-6-10-26(30)41-4)16-11-23-18-27-28(19-24(23)25)43-22-42-27/h10,18-19,25,30,38-39H,5-9,11-17,20-22H2,1-4H3,(H,34,36)/b26-10+/t25-,30+,33-/m1/s1. The van der Waals surface area contributed by atoms with Gasteiger partial charge >= 0.3 is 5.97 Å². The van der Waals surface area contributed by atoms with Crippen molar-refractivity contribution in [1.82, 2.24) is 10.2 Å². The molecule has 1 amide bonds. The van der Waals surface area contributed by atoms with E-state index in [2.05, 4.69) is 10.2 Å². The molecule has 246 valence electrons. The molecule has 3 aliphatic rings. The van der Waals surface area contributed by atoms with Gasteiger partial charge in [0.1, 0.15) is 5.76 Å². The van der Waals surface area contributed by atoms with Crippen LogP contribution in [0.1, 0.15) is 82.3 Å². The predicted octanol–water partition coefficient (Wildman–Crippen LogP) is 3.20. The number of esters is 1. The van der Waals surface area contributed by atoms with Crippen LogP contribution < -0.4 is 14.8 Å². The van der Waals surface area contributed by atoms with E-state index in [1.165, 1.54) is 0 Å². The lowest BCUT2D eigenvalue weighted by atomic mass is 9.86. The van der Waals surface area contributed by atoms with Crippen LogP contribution in [0.2, 0.25) is 0 Å². The molecule has 0 saturated heterocycles. The van der Waals surface area contributed by atoms with Crippen LogP contribution in [0.25, 0.3) is 0 Å². The zero-order valence-corrected chi connectivity index (χ0v) is 26.7. The Labute approximate surface area is 260 Å². The van der Waals surface area contributed by atoms with Crippen LogP contribution in [-0.4, -0.2) is 98.1 Å². The Morgan fingerprint density at radius 1 is 1.07 bits per heavy atom. The van der Waals surface area contributed by atoms with Crippen molar-refractivity contribution in [2.75, 3.05) is 53.8 Å². The maximum atomic E-state index is 14.1. The molecule has 3 heterocycles. The number of hydrogen-bond donors (Lipinski definition) is 3. The third-order valence-electron chi connectivity index (χ3n) is 8.64. The Morgan fingerprint density at radius 3 is 2.57 bits per heavy atom. The number of nitrogens with zero attached hydrogens (tertiary/aromatic N) is 1. The topological polar surface area (TPSA) is 136 Å². The minimum atomic E-state index is -2.10. The third-order valence-corrected chi connectivity index (χ3v) is 8.64. The SMILES string of the molecule is COCCCNC(=O)C[C@](O)(CCCC(C)(C)O)C(=O)O[C@@H]1/C(OC)=C\CCCCN2CCc3cc4c(cc3[C@H]1C2)OCO4. The van der Waals surface area contributed by atoms with E-state index >= 15 is 0 Å². The summed E-state index contributed by atoms with van der Waals surface area (Å²) in [7, 11) is 3.15. The maximum absolute atomic E-state index is 14.1. The van der Waals surface area contributed by atoms with Gasteiger partial charge in [-0.2, -0.15) is 0 Å². The summed E-state index contributed by atoms with van der Waals surface area (Å²) in [6.07, 6.45) is 5.41. The van der Waals surface area contributed by atoms with E-state index in [0.29, 0.717) is 56.2 Å². The van der Waals surface area contributed by atoms with Gasteiger partial charge in [-0.05, 0) is 101 Å². The molecule has 11 nitrogen and oxygen atoms in total. The molecule has 11 heteroatoms. The normalized spacial score (nSPS) is 24.1. The van der Waals surface area contributed by atoms with Crippen LogP contribution in [0.4, 0.5) is 0 Å². The summed E-state index contributed by atoms with van der Waals surface area (Å²) >= 11 is 0. The van der Waals surface area contributed by atoms with Crippen molar-refractivity contribution in [2.45, 2.75) is 94.9 Å². The fourth-order valence-corrected chi connectivity index (χ4v) is 6.22. The number of hydrogen-bond acceptors (Lipinski definition) is 10. The number of carbonyl (C=O) groups is 2. The van der Waals surface area contributed by atoms with Gasteiger partial charge in [-0.25, -0.2) is 4.79 Å². The van der Waals surface area contributed by atoms with E-state index in [1.807, 2.05) is 18.2 Å². The summed E-state index contributed by atoms with van der Waals surface area (Å²) < 4.78 is 28.6. The molecule has 2 bridgehead atoms. The molecule has 1 aromatic rings. The Bertz CT molecular complexity index is 1160. The quantitative estimate of drug-likeness (QED) is 0.223. The highest BCUT2D eigenvalue weighted by Crippen LogP contribution is 2.42. The predicted molar refractivity (Wildman–Crippen MR) is 163 cm³/mol. The number of allylic oxidation sites excluding steroid dienone is 1. The van der Waals surface area contributed by atoms with Crippen molar-refractivity contribution in [3.8, 4) is 11.5 Å². The summed E-state index contributed by atoms with van der Waals surface area (Å²) in [6.45, 7) is 6.70. The van der Waals surface area contributed by atoms with Crippen LogP contribution in [0.3, 0.4) is 0 Å². The number of fused-ring (bicyclic) bond motifs is 5. The average Bonchev–Trinajstić information content (AvgIpc) is 3.36. The highest BCUT2D eigenvalue weighted by molar-refractivity contribution is 5.88. The highest BCUT2D eigenvalue weighted by Gasteiger charge is 2.44. The Morgan fingerprint density at radius 2 is 1.84 bits per heavy atom. The van der Waals surface area contributed by atoms with Crippen LogP contribution in [0.5, 0.6) is 11.5 Å². The van der Waals surface area contributed by atoms with Gasteiger partial charge in [-0.3, -0.25) is 4.79 Å². The molecule has 44 heavy (non-hydrogen) atoms. The maximum Gasteiger partial charge on any atom is 0.339 e. The van der Waals surface area contributed by atoms with E-state index in [1.54, 1.807) is 28.1 Å². The van der Waals surface area contributed by atoms with Crippen molar-refractivity contribution >= 4 is 11.9 Å². The Kier molecular flexibility index (Phi) is 11.9. The van der Waals surface area contributed by atoms with Crippen LogP contribution >= 0.6 is 0 Å². The van der Waals surface area contributed by atoms with E-state index < -0.39 is 35.6 Å². The van der Waals surface area contributed by atoms with Crippen molar-refractivity contribution in [3.05, 3.63) is 35.1 Å². The van der Waals surface area contributed by atoms with E-state index in [9.17, 15) is 19.8 Å². The molecule has 1 unspecified atom stereocenters. The zero-order valence-electron chi connectivity index (χ0n) is 26.7. The number of rotatable bonds is 13. The molecular weight excluding hydrogens is 568 g/mol. The molecule has 3 N–H and O–H groups in total. The average molecular weight is 619 g/mol. The number of aliphatic hydroxyl groups is 2. The molecule has 4 rings (SSSR count). The van der Waals surface area contributed by atoms with Gasteiger partial charge < -0.3 is 44.1 Å². The largest absolute Gasteiger partial charge is 0.497 e. The molecule has 0 saturated carbocycles. The third kappa shape index (κ3) is 9.09. The van der Waals surface area contributed by atoms with Crippen molar-refractivity contribution in [1.29, 1.82) is 0 Å². The minimum absolute atomic E-state index is 0.0495. The number of ether oxygens (including phenoxy) is 5. The number of methoxy groups -OCH3 is 2. The summed E-state index contributed by atoms with van der Waals surface area (Å²) in [6, 6.07) is 4.00. The lowest BCUT2D eigenvalue weighted by molar-refractivity contribution is -0.176. The Balaban J connectivity index is 1.66. The van der Waals surface area contributed by atoms with E-state index in [0.717, 1.165) is 49.9 Å². The summed E-state index contributed by atoms with van der Waals surface area (Å²) in [4.78, 5) is 29.4. The van der Waals surface area contributed by atoms with Crippen molar-refractivity contribution in [2.24, 2.45) is 0 Å². The second kappa shape index (κ2) is 15.4. The van der Waals surface area contributed by atoms with Gasteiger partial charge in [0.05, 0.1) is 19.1 Å². The molecule has 0 radical (unpaired) electrons. The van der Waals surface area contributed by atoms with Gasteiger partial charge in [-0.15, -0.1) is 0 Å². The monoisotopic (exact) mass is 618 g/mol. The lowest BCUT2D eigenvalue weighted by Gasteiger charge is -2.35. The first-order valence-electron chi connectivity index (χ1n) is 15.8. The van der Waals surface area contributed by atoms with Crippen molar-refractivity contribution < 1.29 is 43.5 Å².